The first kappa shape index (κ1) is 28.4. The number of para-hydroxylation sites is 1. The van der Waals surface area contributed by atoms with Gasteiger partial charge < -0.3 is 9.32 Å². The van der Waals surface area contributed by atoms with E-state index in [1.807, 2.05) is 12.1 Å². The van der Waals surface area contributed by atoms with Crippen LogP contribution in [0.3, 0.4) is 0 Å². The summed E-state index contributed by atoms with van der Waals surface area (Å²) in [5.74, 6) is 0. The van der Waals surface area contributed by atoms with Crippen LogP contribution < -0.4 is 4.90 Å². The minimum atomic E-state index is 0.906. The van der Waals surface area contributed by atoms with Crippen LogP contribution in [0.25, 0.3) is 76.5 Å². The number of hydrogen-bond donors (Lipinski definition) is 0. The van der Waals surface area contributed by atoms with Gasteiger partial charge in [0.25, 0.3) is 0 Å². The Bertz CT molecular complexity index is 2870. The molecule has 234 valence electrons. The summed E-state index contributed by atoms with van der Waals surface area (Å²) < 4.78 is 6.22. The van der Waals surface area contributed by atoms with Crippen molar-refractivity contribution in [1.29, 1.82) is 0 Å². The molecule has 0 aliphatic heterocycles. The number of rotatable bonds is 5. The van der Waals surface area contributed by atoms with Gasteiger partial charge in [-0.2, -0.15) is 0 Å². The molecule has 1 aromatic heterocycles. The zero-order valence-corrected chi connectivity index (χ0v) is 27.3. The molecule has 1 heterocycles. The second-order valence-electron chi connectivity index (χ2n) is 12.9. The normalized spacial score (nSPS) is 11.6. The van der Waals surface area contributed by atoms with Crippen molar-refractivity contribution >= 4 is 71.3 Å². The average Bonchev–Trinajstić information content (AvgIpc) is 3.57. The molecular weight excluding hydrogens is 607 g/mol. The Hall–Kier alpha value is -6.64. The van der Waals surface area contributed by atoms with Crippen molar-refractivity contribution in [3.05, 3.63) is 188 Å². The van der Waals surface area contributed by atoms with Gasteiger partial charge in [0.15, 0.2) is 0 Å². The Morgan fingerprint density at radius 2 is 0.920 bits per heavy atom. The fourth-order valence-corrected chi connectivity index (χ4v) is 7.68. The van der Waals surface area contributed by atoms with Crippen LogP contribution in [-0.4, -0.2) is 0 Å². The highest BCUT2D eigenvalue weighted by molar-refractivity contribution is 6.12. The lowest BCUT2D eigenvalue weighted by Crippen LogP contribution is -2.10. The summed E-state index contributed by atoms with van der Waals surface area (Å²) in [6.07, 6.45) is 0. The molecule has 0 spiro atoms. The van der Waals surface area contributed by atoms with E-state index >= 15 is 0 Å². The van der Waals surface area contributed by atoms with Crippen LogP contribution in [0.15, 0.2) is 192 Å². The lowest BCUT2D eigenvalue weighted by Gasteiger charge is -2.27. The van der Waals surface area contributed by atoms with Crippen molar-refractivity contribution in [1.82, 2.24) is 0 Å². The molecule has 0 N–H and O–H groups in total. The summed E-state index contributed by atoms with van der Waals surface area (Å²) in [5.41, 5.74) is 9.85. The molecule has 0 bridgehead atoms. The van der Waals surface area contributed by atoms with Crippen molar-refractivity contribution in [2.45, 2.75) is 0 Å². The monoisotopic (exact) mass is 637 g/mol. The molecule has 0 saturated heterocycles. The molecule has 0 aliphatic carbocycles. The van der Waals surface area contributed by atoms with Crippen molar-refractivity contribution < 1.29 is 4.42 Å². The quantitative estimate of drug-likeness (QED) is 0.175. The molecule has 0 atom stereocenters. The molecule has 50 heavy (non-hydrogen) atoms. The highest BCUT2D eigenvalue weighted by Crippen LogP contribution is 2.42. The molecule has 0 aliphatic rings. The van der Waals surface area contributed by atoms with E-state index < -0.39 is 0 Å². The Balaban J connectivity index is 1.14. The summed E-state index contributed by atoms with van der Waals surface area (Å²) in [6, 6.07) is 67.6. The Morgan fingerprint density at radius 3 is 1.80 bits per heavy atom. The predicted molar refractivity (Wildman–Crippen MR) is 212 cm³/mol. The van der Waals surface area contributed by atoms with Crippen molar-refractivity contribution in [2.24, 2.45) is 0 Å². The molecule has 0 amide bonds. The molecule has 0 fully saturated rings. The summed E-state index contributed by atoms with van der Waals surface area (Å²) in [6.45, 7) is 0. The topological polar surface area (TPSA) is 16.4 Å². The summed E-state index contributed by atoms with van der Waals surface area (Å²) in [5, 5.41) is 9.77. The van der Waals surface area contributed by atoms with Crippen LogP contribution >= 0.6 is 0 Å². The second kappa shape index (κ2) is 11.5. The summed E-state index contributed by atoms with van der Waals surface area (Å²) in [7, 11) is 0. The first-order valence-corrected chi connectivity index (χ1v) is 17.1. The lowest BCUT2D eigenvalue weighted by molar-refractivity contribution is 0.669. The molecule has 0 saturated carbocycles. The van der Waals surface area contributed by atoms with Gasteiger partial charge in [-0.05, 0) is 103 Å². The highest BCUT2D eigenvalue weighted by Gasteiger charge is 2.17. The van der Waals surface area contributed by atoms with Gasteiger partial charge in [0.05, 0.1) is 0 Å². The van der Waals surface area contributed by atoms with Crippen LogP contribution in [0, 0.1) is 0 Å². The van der Waals surface area contributed by atoms with Crippen LogP contribution in [0.4, 0.5) is 17.1 Å². The zero-order valence-electron chi connectivity index (χ0n) is 27.3. The third-order valence-corrected chi connectivity index (χ3v) is 10.0. The van der Waals surface area contributed by atoms with Gasteiger partial charge in [-0.3, -0.25) is 0 Å². The number of hydrogen-bond acceptors (Lipinski definition) is 2. The van der Waals surface area contributed by atoms with Gasteiger partial charge in [-0.1, -0.05) is 140 Å². The minimum Gasteiger partial charge on any atom is -0.456 e. The molecular formula is C48H31NO. The van der Waals surface area contributed by atoms with Crippen molar-refractivity contribution in [2.75, 3.05) is 4.90 Å². The molecule has 0 radical (unpaired) electrons. The first-order chi connectivity index (χ1) is 24.8. The Labute approximate surface area is 290 Å². The SMILES string of the molecule is c1cc(-c2cccc3ccccc23)cc(N(c2ccc(-c3cccc4oc5ccccc5c34)cc2)c2ccc3c(ccc4ccccc43)c2)c1. The smallest absolute Gasteiger partial charge is 0.136 e. The highest BCUT2D eigenvalue weighted by atomic mass is 16.3. The third kappa shape index (κ3) is 4.65. The lowest BCUT2D eigenvalue weighted by atomic mass is 9.97. The van der Waals surface area contributed by atoms with Gasteiger partial charge in [-0.15, -0.1) is 0 Å². The molecule has 2 heteroatoms. The molecule has 0 unspecified atom stereocenters. The Kier molecular flexibility index (Phi) is 6.53. The minimum absolute atomic E-state index is 0.906. The average molecular weight is 638 g/mol. The van der Waals surface area contributed by atoms with Gasteiger partial charge in [-0.25, -0.2) is 0 Å². The molecule has 10 aromatic rings. The van der Waals surface area contributed by atoms with E-state index in [1.54, 1.807) is 0 Å². The summed E-state index contributed by atoms with van der Waals surface area (Å²) in [4.78, 5) is 2.38. The van der Waals surface area contributed by atoms with Gasteiger partial charge in [0, 0.05) is 27.8 Å². The maximum atomic E-state index is 6.22. The fraction of sp³-hybridized carbons (Fsp3) is 0. The van der Waals surface area contributed by atoms with Gasteiger partial charge in [0.1, 0.15) is 11.2 Å². The second-order valence-corrected chi connectivity index (χ2v) is 12.9. The van der Waals surface area contributed by atoms with Gasteiger partial charge in [0.2, 0.25) is 0 Å². The van der Waals surface area contributed by atoms with Crippen molar-refractivity contribution in [3.8, 4) is 22.3 Å². The molecule has 2 nitrogen and oxygen atoms in total. The standard InChI is InChI=1S/C48H31NO/c1-3-15-40-32(10-1)12-8-18-42(40)35-13-7-14-38(30-35)49(39-28-29-43-36(31-39)23-22-33-11-2-4-16-41(33)43)37-26-24-34(25-27-37)44-19-9-21-47-48(44)45-17-5-6-20-46(45)50-47/h1-31H. The van der Waals surface area contributed by atoms with E-state index in [2.05, 4.69) is 181 Å². The van der Waals surface area contributed by atoms with Crippen molar-refractivity contribution in [3.63, 3.8) is 0 Å². The van der Waals surface area contributed by atoms with Crippen LogP contribution in [-0.2, 0) is 0 Å². The third-order valence-electron chi connectivity index (χ3n) is 10.0. The van der Waals surface area contributed by atoms with E-state index in [1.165, 1.54) is 49.0 Å². The van der Waals surface area contributed by atoms with E-state index in [0.29, 0.717) is 0 Å². The maximum absolute atomic E-state index is 6.22. The van der Waals surface area contributed by atoms with E-state index in [0.717, 1.165) is 44.6 Å². The number of anilines is 3. The van der Waals surface area contributed by atoms with Crippen LogP contribution in [0.2, 0.25) is 0 Å². The fourth-order valence-electron chi connectivity index (χ4n) is 7.68. The largest absolute Gasteiger partial charge is 0.456 e. The van der Waals surface area contributed by atoms with E-state index in [9.17, 15) is 0 Å². The maximum Gasteiger partial charge on any atom is 0.136 e. The Morgan fingerprint density at radius 1 is 0.320 bits per heavy atom. The first-order valence-electron chi connectivity index (χ1n) is 17.1. The van der Waals surface area contributed by atoms with E-state index in [-0.39, 0.29) is 0 Å². The zero-order chi connectivity index (χ0) is 33.0. The summed E-state index contributed by atoms with van der Waals surface area (Å²) >= 11 is 0. The number of furan rings is 1. The van der Waals surface area contributed by atoms with Crippen LogP contribution in [0.1, 0.15) is 0 Å². The molecule has 9 aromatic carbocycles. The number of nitrogens with zero attached hydrogens (tertiary/aromatic N) is 1. The number of fused-ring (bicyclic) bond motifs is 7. The molecule has 10 rings (SSSR count). The number of benzene rings is 9. The van der Waals surface area contributed by atoms with Gasteiger partial charge >= 0.3 is 0 Å². The van der Waals surface area contributed by atoms with Crippen LogP contribution in [0.5, 0.6) is 0 Å². The predicted octanol–water partition coefficient (Wildman–Crippen LogP) is 13.8. The van der Waals surface area contributed by atoms with E-state index in [4.69, 9.17) is 4.42 Å².